The van der Waals surface area contributed by atoms with Gasteiger partial charge in [-0.05, 0) is 29.9 Å². The van der Waals surface area contributed by atoms with Gasteiger partial charge in [0, 0.05) is 18.0 Å². The lowest BCUT2D eigenvalue weighted by molar-refractivity contribution is 0.467. The predicted molar refractivity (Wildman–Crippen MR) is 74.6 cm³/mol. The molecule has 0 spiro atoms. The van der Waals surface area contributed by atoms with E-state index in [1.165, 1.54) is 24.0 Å². The minimum Gasteiger partial charge on any atom is -0.313 e. The Labute approximate surface area is 106 Å². The van der Waals surface area contributed by atoms with E-state index in [0.717, 1.165) is 12.6 Å². The predicted octanol–water partition coefficient (Wildman–Crippen LogP) is 3.84. The Balaban J connectivity index is 2.03. The highest BCUT2D eigenvalue weighted by Crippen LogP contribution is 2.26. The monoisotopic (exact) mass is 231 g/mol. The number of benzene rings is 1. The lowest BCUT2D eigenvalue weighted by Gasteiger charge is -2.26. The summed E-state index contributed by atoms with van der Waals surface area (Å²) in [5, 5.41) is 3.63. The second-order valence-corrected chi connectivity index (χ2v) is 6.32. The third-order valence-corrected chi connectivity index (χ3v) is 3.77. The van der Waals surface area contributed by atoms with Crippen molar-refractivity contribution in [1.82, 2.24) is 5.32 Å². The highest BCUT2D eigenvalue weighted by Gasteiger charge is 2.26. The highest BCUT2D eigenvalue weighted by molar-refractivity contribution is 5.30. The third-order valence-electron chi connectivity index (χ3n) is 3.77. The molecular weight excluding hydrogens is 206 g/mol. The summed E-state index contributed by atoms with van der Waals surface area (Å²) in [5.41, 5.74) is 3.10. The Kier molecular flexibility index (Phi) is 3.58. The first-order chi connectivity index (χ1) is 7.99. The van der Waals surface area contributed by atoms with Crippen LogP contribution in [-0.2, 0) is 5.41 Å². The van der Waals surface area contributed by atoms with Crippen LogP contribution in [0.25, 0.3) is 0 Å². The molecule has 2 rings (SSSR count). The number of hydrogen-bond donors (Lipinski definition) is 1. The fraction of sp³-hybridized carbons (Fsp3) is 0.625. The molecule has 0 aliphatic heterocycles. The molecule has 0 atom stereocenters. The number of nitrogens with one attached hydrogen (secondary N) is 1. The molecule has 94 valence electrons. The van der Waals surface area contributed by atoms with E-state index in [2.05, 4.69) is 57.3 Å². The summed E-state index contributed by atoms with van der Waals surface area (Å²) >= 11 is 0. The Hall–Kier alpha value is -0.820. The largest absolute Gasteiger partial charge is 0.313 e. The van der Waals surface area contributed by atoms with Crippen LogP contribution in [0.2, 0.25) is 0 Å². The lowest BCUT2D eigenvalue weighted by atomic mass is 9.83. The Bertz CT molecular complexity index is 358. The molecule has 0 heterocycles. The van der Waals surface area contributed by atoms with Crippen molar-refractivity contribution in [2.75, 3.05) is 6.54 Å². The first-order valence-electron chi connectivity index (χ1n) is 6.83. The zero-order valence-corrected chi connectivity index (χ0v) is 11.6. The third kappa shape index (κ3) is 3.32. The average Bonchev–Trinajstić information content (AvgIpc) is 3.10. The van der Waals surface area contributed by atoms with E-state index in [9.17, 15) is 0 Å². The second kappa shape index (κ2) is 4.81. The van der Waals surface area contributed by atoms with Crippen molar-refractivity contribution in [3.63, 3.8) is 0 Å². The van der Waals surface area contributed by atoms with Gasteiger partial charge in [-0.1, -0.05) is 52.0 Å². The van der Waals surface area contributed by atoms with Crippen molar-refractivity contribution in [3.8, 4) is 0 Å². The molecule has 1 saturated carbocycles. The first-order valence-corrected chi connectivity index (χ1v) is 6.83. The molecule has 1 aliphatic carbocycles. The summed E-state index contributed by atoms with van der Waals surface area (Å²) in [6.07, 6.45) is 2.73. The molecule has 1 fully saturated rings. The van der Waals surface area contributed by atoms with Crippen LogP contribution in [0.5, 0.6) is 0 Å². The van der Waals surface area contributed by atoms with Gasteiger partial charge in [-0.25, -0.2) is 0 Å². The van der Waals surface area contributed by atoms with Gasteiger partial charge in [0.15, 0.2) is 0 Å². The Morgan fingerprint density at radius 1 is 1.18 bits per heavy atom. The molecule has 1 nitrogen and oxygen atoms in total. The number of hydrogen-bond acceptors (Lipinski definition) is 1. The van der Waals surface area contributed by atoms with E-state index < -0.39 is 0 Å². The number of rotatable bonds is 5. The molecule has 0 bridgehead atoms. The molecule has 0 radical (unpaired) electrons. The zero-order chi connectivity index (χ0) is 12.5. The van der Waals surface area contributed by atoms with Crippen LogP contribution >= 0.6 is 0 Å². The van der Waals surface area contributed by atoms with Gasteiger partial charge in [0.05, 0.1) is 0 Å². The van der Waals surface area contributed by atoms with Crippen molar-refractivity contribution in [1.29, 1.82) is 0 Å². The van der Waals surface area contributed by atoms with Crippen molar-refractivity contribution in [2.24, 2.45) is 0 Å². The Morgan fingerprint density at radius 2 is 1.76 bits per heavy atom. The molecule has 0 amide bonds. The summed E-state index contributed by atoms with van der Waals surface area (Å²) in [4.78, 5) is 0. The maximum Gasteiger partial charge on any atom is 0.00685 e. The van der Waals surface area contributed by atoms with E-state index in [4.69, 9.17) is 0 Å². The van der Waals surface area contributed by atoms with Crippen molar-refractivity contribution in [2.45, 2.75) is 57.9 Å². The van der Waals surface area contributed by atoms with Gasteiger partial charge in [-0.2, -0.15) is 0 Å². The van der Waals surface area contributed by atoms with E-state index in [0.29, 0.717) is 5.92 Å². The maximum atomic E-state index is 3.63. The molecule has 1 heteroatoms. The van der Waals surface area contributed by atoms with Gasteiger partial charge in [-0.15, -0.1) is 0 Å². The van der Waals surface area contributed by atoms with E-state index in [-0.39, 0.29) is 5.41 Å². The van der Waals surface area contributed by atoms with Gasteiger partial charge >= 0.3 is 0 Å². The highest BCUT2D eigenvalue weighted by atomic mass is 15.0. The van der Waals surface area contributed by atoms with Crippen LogP contribution in [0.4, 0.5) is 0 Å². The van der Waals surface area contributed by atoms with Crippen LogP contribution in [-0.4, -0.2) is 12.6 Å². The van der Waals surface area contributed by atoms with Gasteiger partial charge < -0.3 is 5.32 Å². The van der Waals surface area contributed by atoms with Gasteiger partial charge in [0.1, 0.15) is 0 Å². The normalized spacial score (nSPS) is 16.5. The van der Waals surface area contributed by atoms with Crippen molar-refractivity contribution >= 4 is 0 Å². The topological polar surface area (TPSA) is 12.0 Å². The van der Waals surface area contributed by atoms with Crippen LogP contribution in [0.15, 0.2) is 24.3 Å². The van der Waals surface area contributed by atoms with Gasteiger partial charge in [-0.3, -0.25) is 0 Å². The first kappa shape index (κ1) is 12.6. The zero-order valence-electron chi connectivity index (χ0n) is 11.6. The molecular formula is C16H25N. The quantitative estimate of drug-likeness (QED) is 0.812. The summed E-state index contributed by atoms with van der Waals surface area (Å²) in [7, 11) is 0. The van der Waals surface area contributed by atoms with E-state index >= 15 is 0 Å². The smallest absolute Gasteiger partial charge is 0.00685 e. The molecule has 1 aromatic carbocycles. The minimum absolute atomic E-state index is 0.234. The summed E-state index contributed by atoms with van der Waals surface area (Å²) in [6.45, 7) is 10.2. The molecule has 0 unspecified atom stereocenters. The summed E-state index contributed by atoms with van der Waals surface area (Å²) in [6, 6.07) is 9.94. The maximum absolute atomic E-state index is 3.63. The molecule has 17 heavy (non-hydrogen) atoms. The van der Waals surface area contributed by atoms with E-state index in [1.807, 2.05) is 0 Å². The molecule has 1 N–H and O–H groups in total. The fourth-order valence-electron chi connectivity index (χ4n) is 2.11. The van der Waals surface area contributed by atoms with Crippen LogP contribution in [0, 0.1) is 0 Å². The van der Waals surface area contributed by atoms with Crippen molar-refractivity contribution in [3.05, 3.63) is 35.4 Å². The SMILES string of the molecule is CC(C)c1ccc(C(C)(C)CNC2CC2)cc1. The molecule has 0 aromatic heterocycles. The molecule has 1 aromatic rings. The lowest BCUT2D eigenvalue weighted by Crippen LogP contribution is -2.34. The van der Waals surface area contributed by atoms with Crippen molar-refractivity contribution < 1.29 is 0 Å². The van der Waals surface area contributed by atoms with Crippen LogP contribution in [0.1, 0.15) is 57.6 Å². The standard InChI is InChI=1S/C16H25N/c1-12(2)13-5-7-14(8-6-13)16(3,4)11-17-15-9-10-15/h5-8,12,15,17H,9-11H2,1-4H3. The summed E-state index contributed by atoms with van der Waals surface area (Å²) < 4.78 is 0. The van der Waals surface area contributed by atoms with Crippen LogP contribution < -0.4 is 5.32 Å². The summed E-state index contributed by atoms with van der Waals surface area (Å²) in [5.74, 6) is 0.622. The van der Waals surface area contributed by atoms with E-state index in [1.54, 1.807) is 0 Å². The molecule has 1 aliphatic rings. The molecule has 0 saturated heterocycles. The second-order valence-electron chi connectivity index (χ2n) is 6.32. The van der Waals surface area contributed by atoms with Crippen LogP contribution in [0.3, 0.4) is 0 Å². The average molecular weight is 231 g/mol. The fourth-order valence-corrected chi connectivity index (χ4v) is 2.11. The minimum atomic E-state index is 0.234. The van der Waals surface area contributed by atoms with Gasteiger partial charge in [0.2, 0.25) is 0 Å². The Morgan fingerprint density at radius 3 is 2.24 bits per heavy atom. The van der Waals surface area contributed by atoms with Gasteiger partial charge in [0.25, 0.3) is 0 Å².